The number of halogens is 1. The molecular formula is C17H16ClN3O2. The predicted octanol–water partition coefficient (Wildman–Crippen LogP) is 3.87. The minimum atomic E-state index is -0.264. The molecule has 2 heterocycles. The number of nitrogens with one attached hydrogen (secondary N) is 1. The predicted molar refractivity (Wildman–Crippen MR) is 90.6 cm³/mol. The van der Waals surface area contributed by atoms with Gasteiger partial charge in [-0.05, 0) is 49.7 Å². The molecule has 0 aliphatic heterocycles. The van der Waals surface area contributed by atoms with Crippen molar-refractivity contribution < 1.29 is 9.53 Å². The van der Waals surface area contributed by atoms with E-state index in [9.17, 15) is 4.79 Å². The fourth-order valence-electron chi connectivity index (χ4n) is 2.50. The second kappa shape index (κ2) is 5.93. The Morgan fingerprint density at radius 3 is 2.78 bits per heavy atom. The summed E-state index contributed by atoms with van der Waals surface area (Å²) in [5.74, 6) is 0.282. The summed E-state index contributed by atoms with van der Waals surface area (Å²) in [6.45, 7) is 3.80. The normalized spacial score (nSPS) is 10.8. The molecule has 2 aromatic heterocycles. The van der Waals surface area contributed by atoms with Crippen LogP contribution in [0.2, 0.25) is 5.02 Å². The quantitative estimate of drug-likeness (QED) is 0.793. The largest absolute Gasteiger partial charge is 0.495 e. The van der Waals surface area contributed by atoms with Gasteiger partial charge in [-0.2, -0.15) is 0 Å². The van der Waals surface area contributed by atoms with Crippen molar-refractivity contribution in [3.8, 4) is 5.75 Å². The number of fused-ring (bicyclic) bond motifs is 1. The number of anilines is 1. The molecule has 0 saturated heterocycles. The van der Waals surface area contributed by atoms with Gasteiger partial charge in [0.1, 0.15) is 17.1 Å². The second-order valence-corrected chi connectivity index (χ2v) is 5.71. The molecule has 3 aromatic rings. The molecule has 0 bridgehead atoms. The van der Waals surface area contributed by atoms with E-state index in [1.165, 1.54) is 0 Å². The zero-order valence-corrected chi connectivity index (χ0v) is 13.8. The van der Waals surface area contributed by atoms with Crippen LogP contribution < -0.4 is 10.1 Å². The van der Waals surface area contributed by atoms with E-state index in [0.717, 1.165) is 11.2 Å². The van der Waals surface area contributed by atoms with Crippen LogP contribution in [-0.2, 0) is 0 Å². The summed E-state index contributed by atoms with van der Waals surface area (Å²) in [7, 11) is 1.54. The lowest BCUT2D eigenvalue weighted by Crippen LogP contribution is -2.16. The standard InChI is InChI=1S/C17H16ClN3O2/c1-10-6-7-21-15(8-10)19-11(2)16(21)17(22)20-13-9-12(18)4-5-14(13)23-3/h4-9H,1-3H3,(H,20,22). The smallest absolute Gasteiger partial charge is 0.274 e. The van der Waals surface area contributed by atoms with E-state index in [4.69, 9.17) is 16.3 Å². The summed E-state index contributed by atoms with van der Waals surface area (Å²) in [4.78, 5) is 17.1. The van der Waals surface area contributed by atoms with Crippen LogP contribution in [0.25, 0.3) is 5.65 Å². The van der Waals surface area contributed by atoms with Crippen molar-refractivity contribution in [3.05, 3.63) is 58.5 Å². The number of imidazole rings is 1. The third-order valence-corrected chi connectivity index (χ3v) is 3.82. The Balaban J connectivity index is 2.02. The van der Waals surface area contributed by atoms with Gasteiger partial charge < -0.3 is 10.1 Å². The number of hydrogen-bond acceptors (Lipinski definition) is 3. The molecule has 1 amide bonds. The fourth-order valence-corrected chi connectivity index (χ4v) is 2.67. The molecule has 0 spiro atoms. The van der Waals surface area contributed by atoms with Crippen molar-refractivity contribution in [3.63, 3.8) is 0 Å². The zero-order valence-electron chi connectivity index (χ0n) is 13.1. The number of pyridine rings is 1. The topological polar surface area (TPSA) is 55.6 Å². The van der Waals surface area contributed by atoms with E-state index in [2.05, 4.69) is 10.3 Å². The van der Waals surface area contributed by atoms with Crippen molar-refractivity contribution in [1.29, 1.82) is 0 Å². The van der Waals surface area contributed by atoms with Crippen molar-refractivity contribution in [2.75, 3.05) is 12.4 Å². The van der Waals surface area contributed by atoms with Crippen molar-refractivity contribution >= 4 is 28.8 Å². The first-order chi connectivity index (χ1) is 11.0. The van der Waals surface area contributed by atoms with Gasteiger partial charge in [0.25, 0.3) is 5.91 Å². The molecule has 0 unspecified atom stereocenters. The molecule has 0 aliphatic carbocycles. The number of carbonyl (C=O) groups is 1. The highest BCUT2D eigenvalue weighted by molar-refractivity contribution is 6.31. The van der Waals surface area contributed by atoms with Gasteiger partial charge in [-0.15, -0.1) is 0 Å². The van der Waals surface area contributed by atoms with E-state index in [0.29, 0.717) is 27.8 Å². The molecule has 23 heavy (non-hydrogen) atoms. The molecule has 0 aliphatic rings. The fraction of sp³-hybridized carbons (Fsp3) is 0.176. The van der Waals surface area contributed by atoms with Crippen molar-refractivity contribution in [1.82, 2.24) is 9.38 Å². The molecule has 1 N–H and O–H groups in total. The van der Waals surface area contributed by atoms with Gasteiger partial charge in [0.2, 0.25) is 0 Å². The molecule has 0 fully saturated rings. The molecule has 118 valence electrons. The number of nitrogens with zero attached hydrogens (tertiary/aromatic N) is 2. The second-order valence-electron chi connectivity index (χ2n) is 5.28. The number of amides is 1. The highest BCUT2D eigenvalue weighted by Gasteiger charge is 2.18. The lowest BCUT2D eigenvalue weighted by molar-refractivity contribution is 0.102. The van der Waals surface area contributed by atoms with E-state index in [1.807, 2.05) is 32.2 Å². The Morgan fingerprint density at radius 2 is 2.04 bits per heavy atom. The molecule has 0 atom stereocenters. The lowest BCUT2D eigenvalue weighted by atomic mass is 10.2. The summed E-state index contributed by atoms with van der Waals surface area (Å²) >= 11 is 6.00. The van der Waals surface area contributed by atoms with E-state index >= 15 is 0 Å². The first-order valence-electron chi connectivity index (χ1n) is 7.10. The first-order valence-corrected chi connectivity index (χ1v) is 7.47. The molecule has 0 radical (unpaired) electrons. The third-order valence-electron chi connectivity index (χ3n) is 3.58. The Labute approximate surface area is 138 Å². The number of aromatic nitrogens is 2. The average molecular weight is 330 g/mol. The number of carbonyl (C=O) groups excluding carboxylic acids is 1. The number of ether oxygens (including phenoxy) is 1. The molecule has 0 saturated carbocycles. The van der Waals surface area contributed by atoms with E-state index in [1.54, 1.807) is 29.7 Å². The highest BCUT2D eigenvalue weighted by atomic mass is 35.5. The van der Waals surface area contributed by atoms with Crippen LogP contribution in [0.5, 0.6) is 5.75 Å². The van der Waals surface area contributed by atoms with Gasteiger partial charge in [0, 0.05) is 11.2 Å². The van der Waals surface area contributed by atoms with Crippen LogP contribution in [0, 0.1) is 13.8 Å². The van der Waals surface area contributed by atoms with E-state index in [-0.39, 0.29) is 5.91 Å². The van der Waals surface area contributed by atoms with Gasteiger partial charge in [-0.1, -0.05) is 11.6 Å². The maximum atomic E-state index is 12.7. The van der Waals surface area contributed by atoms with Crippen molar-refractivity contribution in [2.45, 2.75) is 13.8 Å². The Hall–Kier alpha value is -2.53. The van der Waals surface area contributed by atoms with Gasteiger partial charge in [-0.3, -0.25) is 9.20 Å². The Morgan fingerprint density at radius 1 is 1.26 bits per heavy atom. The van der Waals surface area contributed by atoms with Crippen LogP contribution in [0.15, 0.2) is 36.5 Å². The minimum absolute atomic E-state index is 0.264. The number of rotatable bonds is 3. The van der Waals surface area contributed by atoms with Crippen LogP contribution in [0.4, 0.5) is 5.69 Å². The molecule has 6 heteroatoms. The average Bonchev–Trinajstić information content (AvgIpc) is 2.82. The first kappa shape index (κ1) is 15.4. The zero-order chi connectivity index (χ0) is 16.6. The number of benzene rings is 1. The van der Waals surface area contributed by atoms with Crippen LogP contribution in [0.1, 0.15) is 21.7 Å². The summed E-state index contributed by atoms with van der Waals surface area (Å²) < 4.78 is 7.03. The van der Waals surface area contributed by atoms with Gasteiger partial charge in [-0.25, -0.2) is 4.98 Å². The SMILES string of the molecule is COc1ccc(Cl)cc1NC(=O)c1c(C)nc2cc(C)ccn12. The number of aryl methyl sites for hydroxylation is 2. The molecule has 5 nitrogen and oxygen atoms in total. The molecule has 3 rings (SSSR count). The highest BCUT2D eigenvalue weighted by Crippen LogP contribution is 2.28. The molecular weight excluding hydrogens is 314 g/mol. The van der Waals surface area contributed by atoms with Gasteiger partial charge >= 0.3 is 0 Å². The van der Waals surface area contributed by atoms with Crippen LogP contribution >= 0.6 is 11.6 Å². The lowest BCUT2D eigenvalue weighted by Gasteiger charge is -2.11. The number of hydrogen-bond donors (Lipinski definition) is 1. The summed E-state index contributed by atoms with van der Waals surface area (Å²) in [6.07, 6.45) is 1.84. The van der Waals surface area contributed by atoms with Crippen LogP contribution in [-0.4, -0.2) is 22.4 Å². The Kier molecular flexibility index (Phi) is 3.96. The summed E-state index contributed by atoms with van der Waals surface area (Å²) in [5.41, 5.74) is 3.50. The third kappa shape index (κ3) is 2.87. The monoisotopic (exact) mass is 329 g/mol. The summed E-state index contributed by atoms with van der Waals surface area (Å²) in [5, 5.41) is 3.36. The molecule has 1 aromatic carbocycles. The number of methoxy groups -OCH3 is 1. The van der Waals surface area contributed by atoms with Crippen LogP contribution in [0.3, 0.4) is 0 Å². The Bertz CT molecular complexity index is 902. The maximum Gasteiger partial charge on any atom is 0.274 e. The maximum absolute atomic E-state index is 12.7. The van der Waals surface area contributed by atoms with Crippen molar-refractivity contribution in [2.24, 2.45) is 0 Å². The van der Waals surface area contributed by atoms with Gasteiger partial charge in [0.05, 0.1) is 18.5 Å². The minimum Gasteiger partial charge on any atom is -0.495 e. The van der Waals surface area contributed by atoms with E-state index < -0.39 is 0 Å². The summed E-state index contributed by atoms with van der Waals surface area (Å²) in [6, 6.07) is 8.94. The van der Waals surface area contributed by atoms with Gasteiger partial charge in [0.15, 0.2) is 0 Å².